The summed E-state index contributed by atoms with van der Waals surface area (Å²) in [4.78, 5) is 34.2. The molecule has 21 heavy (non-hydrogen) atoms. The highest BCUT2D eigenvalue weighted by molar-refractivity contribution is 6.67. The van der Waals surface area contributed by atoms with E-state index in [-0.39, 0.29) is 0 Å². The summed E-state index contributed by atoms with van der Waals surface area (Å²) >= 11 is 0. The molecule has 1 unspecified atom stereocenters. The van der Waals surface area contributed by atoms with Crippen LogP contribution in [0.1, 0.15) is 38.8 Å². The van der Waals surface area contributed by atoms with Crippen LogP contribution >= 0.6 is 0 Å². The molecule has 0 heterocycles. The van der Waals surface area contributed by atoms with Crippen molar-refractivity contribution in [2.24, 2.45) is 0 Å². The van der Waals surface area contributed by atoms with Crippen molar-refractivity contribution in [2.75, 3.05) is 0 Å². The standard InChI is InChI=1S/C14H18O6Si/c1-10(14-8-6-5-7-9-14)21(18-11(2)15,19-12(3)16)20-13(4)17/h5-10H,1-4H3. The van der Waals surface area contributed by atoms with Gasteiger partial charge in [0.1, 0.15) is 0 Å². The number of hydrogen-bond acceptors (Lipinski definition) is 6. The van der Waals surface area contributed by atoms with Gasteiger partial charge in [0.05, 0.1) is 5.54 Å². The van der Waals surface area contributed by atoms with E-state index in [4.69, 9.17) is 13.3 Å². The van der Waals surface area contributed by atoms with Crippen molar-refractivity contribution < 1.29 is 27.7 Å². The van der Waals surface area contributed by atoms with Gasteiger partial charge in [-0.2, -0.15) is 0 Å². The molecule has 0 bridgehead atoms. The molecule has 0 radical (unpaired) electrons. The minimum Gasteiger partial charge on any atom is -0.455 e. The lowest BCUT2D eigenvalue weighted by atomic mass is 10.2. The van der Waals surface area contributed by atoms with Gasteiger partial charge in [0.25, 0.3) is 17.9 Å². The zero-order valence-corrected chi connectivity index (χ0v) is 13.4. The summed E-state index contributed by atoms with van der Waals surface area (Å²) in [6.07, 6.45) is 0. The van der Waals surface area contributed by atoms with Crippen molar-refractivity contribution in [3.63, 3.8) is 0 Å². The molecule has 0 N–H and O–H groups in total. The molecular weight excluding hydrogens is 292 g/mol. The van der Waals surface area contributed by atoms with E-state index in [0.717, 1.165) is 5.56 Å². The lowest BCUT2D eigenvalue weighted by Gasteiger charge is -2.30. The van der Waals surface area contributed by atoms with E-state index < -0.39 is 32.3 Å². The van der Waals surface area contributed by atoms with E-state index in [2.05, 4.69) is 0 Å². The monoisotopic (exact) mass is 310 g/mol. The molecule has 0 saturated carbocycles. The van der Waals surface area contributed by atoms with Gasteiger partial charge >= 0.3 is 8.80 Å². The average molecular weight is 310 g/mol. The van der Waals surface area contributed by atoms with E-state index >= 15 is 0 Å². The Hall–Kier alpha value is -2.15. The Morgan fingerprint density at radius 2 is 1.24 bits per heavy atom. The molecule has 6 nitrogen and oxygen atoms in total. The van der Waals surface area contributed by atoms with Crippen LogP contribution < -0.4 is 0 Å². The van der Waals surface area contributed by atoms with Gasteiger partial charge in [0, 0.05) is 20.8 Å². The molecule has 0 fully saturated rings. The van der Waals surface area contributed by atoms with Crippen LogP contribution in [0.3, 0.4) is 0 Å². The Morgan fingerprint density at radius 3 is 1.57 bits per heavy atom. The van der Waals surface area contributed by atoms with Crippen LogP contribution in [-0.2, 0) is 27.7 Å². The fourth-order valence-electron chi connectivity index (χ4n) is 1.87. The molecule has 0 saturated heterocycles. The first-order valence-electron chi connectivity index (χ1n) is 6.40. The topological polar surface area (TPSA) is 78.9 Å². The molecule has 1 rings (SSSR count). The van der Waals surface area contributed by atoms with E-state index in [1.807, 2.05) is 6.07 Å². The molecule has 7 heteroatoms. The summed E-state index contributed by atoms with van der Waals surface area (Å²) in [5, 5.41) is 0. The van der Waals surface area contributed by atoms with Crippen LogP contribution in [0.25, 0.3) is 0 Å². The minimum absolute atomic E-state index is 0.560. The van der Waals surface area contributed by atoms with Gasteiger partial charge in [0.15, 0.2) is 0 Å². The second-order valence-electron chi connectivity index (χ2n) is 4.52. The predicted octanol–water partition coefficient (Wildman–Crippen LogP) is 1.96. The molecule has 0 spiro atoms. The summed E-state index contributed by atoms with van der Waals surface area (Å²) < 4.78 is 15.6. The summed E-state index contributed by atoms with van der Waals surface area (Å²) in [7, 11) is -3.88. The SMILES string of the molecule is CC(=O)O[Si](OC(C)=O)(OC(C)=O)C(C)c1ccccc1. The van der Waals surface area contributed by atoms with E-state index in [0.29, 0.717) is 0 Å². The normalized spacial score (nSPS) is 12.2. The highest BCUT2D eigenvalue weighted by Gasteiger charge is 2.57. The third-order valence-electron chi connectivity index (χ3n) is 2.69. The molecule has 1 aromatic carbocycles. The summed E-state index contributed by atoms with van der Waals surface area (Å²) in [6.45, 7) is 5.21. The van der Waals surface area contributed by atoms with Gasteiger partial charge in [0.2, 0.25) is 0 Å². The predicted molar refractivity (Wildman–Crippen MR) is 75.9 cm³/mol. The molecule has 114 valence electrons. The van der Waals surface area contributed by atoms with Crippen molar-refractivity contribution in [3.8, 4) is 0 Å². The fraction of sp³-hybridized carbons (Fsp3) is 0.357. The molecule has 1 aromatic rings. The van der Waals surface area contributed by atoms with E-state index in [1.54, 1.807) is 31.2 Å². The van der Waals surface area contributed by atoms with Crippen molar-refractivity contribution in [2.45, 2.75) is 33.2 Å². The highest BCUT2D eigenvalue weighted by Crippen LogP contribution is 2.30. The second kappa shape index (κ2) is 7.03. The van der Waals surface area contributed by atoms with Crippen molar-refractivity contribution in [1.29, 1.82) is 0 Å². The zero-order valence-electron chi connectivity index (χ0n) is 12.4. The molecule has 0 amide bonds. The number of benzene rings is 1. The van der Waals surface area contributed by atoms with Gasteiger partial charge in [-0.3, -0.25) is 14.4 Å². The maximum Gasteiger partial charge on any atom is 0.712 e. The first-order chi connectivity index (χ1) is 9.77. The van der Waals surface area contributed by atoms with Crippen molar-refractivity contribution >= 4 is 26.7 Å². The van der Waals surface area contributed by atoms with Crippen LogP contribution in [-0.4, -0.2) is 26.7 Å². The van der Waals surface area contributed by atoms with Crippen LogP contribution in [0.4, 0.5) is 0 Å². The minimum atomic E-state index is -3.88. The number of rotatable bonds is 5. The first-order valence-corrected chi connectivity index (χ1v) is 8.20. The molecular formula is C14H18O6Si. The van der Waals surface area contributed by atoms with E-state index in [1.165, 1.54) is 20.8 Å². The Labute approximate surface area is 124 Å². The highest BCUT2D eigenvalue weighted by atomic mass is 28.4. The Balaban J connectivity index is 3.27. The van der Waals surface area contributed by atoms with E-state index in [9.17, 15) is 14.4 Å². The van der Waals surface area contributed by atoms with Crippen LogP contribution in [0.5, 0.6) is 0 Å². The Kier molecular flexibility index (Phi) is 5.66. The summed E-state index contributed by atoms with van der Waals surface area (Å²) in [6, 6.07) is 8.97. The second-order valence-corrected chi connectivity index (χ2v) is 7.20. The maximum atomic E-state index is 11.4. The van der Waals surface area contributed by atoms with Gasteiger partial charge < -0.3 is 13.3 Å². The van der Waals surface area contributed by atoms with Crippen molar-refractivity contribution in [1.82, 2.24) is 0 Å². The number of hydrogen-bond donors (Lipinski definition) is 0. The zero-order chi connectivity index (χ0) is 16.0. The fourth-order valence-corrected chi connectivity index (χ4v) is 4.33. The number of carbonyl (C=O) groups is 3. The van der Waals surface area contributed by atoms with Crippen LogP contribution in [0.15, 0.2) is 30.3 Å². The van der Waals surface area contributed by atoms with Crippen molar-refractivity contribution in [3.05, 3.63) is 35.9 Å². The summed E-state index contributed by atoms with van der Waals surface area (Å²) in [5.41, 5.74) is 0.184. The lowest BCUT2D eigenvalue weighted by Crippen LogP contribution is -2.54. The lowest BCUT2D eigenvalue weighted by molar-refractivity contribution is -0.148. The number of carbonyl (C=O) groups excluding carboxylic acids is 3. The molecule has 0 aliphatic rings. The van der Waals surface area contributed by atoms with Crippen LogP contribution in [0, 0.1) is 0 Å². The Morgan fingerprint density at radius 1 is 0.857 bits per heavy atom. The molecule has 1 atom stereocenters. The van der Waals surface area contributed by atoms with Gasteiger partial charge in [-0.05, 0) is 5.56 Å². The van der Waals surface area contributed by atoms with Crippen LogP contribution in [0.2, 0.25) is 0 Å². The molecule has 0 aromatic heterocycles. The molecule has 0 aliphatic carbocycles. The van der Waals surface area contributed by atoms with Gasteiger partial charge in [-0.25, -0.2) is 0 Å². The molecule has 0 aliphatic heterocycles. The largest absolute Gasteiger partial charge is 0.712 e. The third-order valence-corrected chi connectivity index (χ3v) is 5.80. The maximum absolute atomic E-state index is 11.4. The Bertz CT molecular complexity index is 487. The van der Waals surface area contributed by atoms with Gasteiger partial charge in [-0.1, -0.05) is 37.3 Å². The first kappa shape index (κ1) is 16.9. The quantitative estimate of drug-likeness (QED) is 0.774. The van der Waals surface area contributed by atoms with Gasteiger partial charge in [-0.15, -0.1) is 0 Å². The average Bonchev–Trinajstić information content (AvgIpc) is 2.36. The smallest absolute Gasteiger partial charge is 0.455 e. The third kappa shape index (κ3) is 4.71. The summed E-state index contributed by atoms with van der Waals surface area (Å²) in [5.74, 6) is -2.02.